The van der Waals surface area contributed by atoms with Gasteiger partial charge in [-0.1, -0.05) is 30.7 Å². The van der Waals surface area contributed by atoms with E-state index in [1.54, 1.807) is 17.6 Å². The fraction of sp³-hybridized carbons (Fsp3) is 0.278. The third kappa shape index (κ3) is 2.76. The maximum Gasteiger partial charge on any atom is 0.341 e. The van der Waals surface area contributed by atoms with E-state index in [2.05, 4.69) is 10.1 Å². The number of halogens is 1. The summed E-state index contributed by atoms with van der Waals surface area (Å²) in [5.74, 6) is -0.383. The zero-order chi connectivity index (χ0) is 17.3. The Balaban J connectivity index is 2.22. The van der Waals surface area contributed by atoms with Gasteiger partial charge in [-0.2, -0.15) is 5.10 Å². The average molecular weight is 344 g/mol. The number of fused-ring (bicyclic) bond motifs is 1. The number of benzene rings is 1. The summed E-state index contributed by atoms with van der Waals surface area (Å²) in [6.07, 6.45) is 2.32. The summed E-state index contributed by atoms with van der Waals surface area (Å²) in [5, 5.41) is 5.33. The maximum absolute atomic E-state index is 12.1. The summed E-state index contributed by atoms with van der Waals surface area (Å²) in [4.78, 5) is 16.5. The molecule has 124 valence electrons. The molecule has 1 aromatic carbocycles. The van der Waals surface area contributed by atoms with Gasteiger partial charge in [0, 0.05) is 16.8 Å². The van der Waals surface area contributed by atoms with Crippen molar-refractivity contribution in [3.05, 3.63) is 52.4 Å². The molecule has 0 bridgehead atoms. The van der Waals surface area contributed by atoms with Gasteiger partial charge in [0.15, 0.2) is 5.65 Å². The molecular weight excluding hydrogens is 326 g/mol. The highest BCUT2D eigenvalue weighted by Gasteiger charge is 2.20. The van der Waals surface area contributed by atoms with Gasteiger partial charge in [-0.05, 0) is 38.0 Å². The van der Waals surface area contributed by atoms with E-state index in [0.717, 1.165) is 28.9 Å². The van der Waals surface area contributed by atoms with E-state index in [1.807, 2.05) is 38.1 Å². The molecule has 0 N–H and O–H groups in total. The van der Waals surface area contributed by atoms with Crippen LogP contribution in [-0.2, 0) is 11.2 Å². The van der Waals surface area contributed by atoms with Crippen molar-refractivity contribution in [1.82, 2.24) is 14.6 Å². The second-order valence-electron chi connectivity index (χ2n) is 5.40. The van der Waals surface area contributed by atoms with Crippen molar-refractivity contribution in [3.8, 4) is 11.1 Å². The number of rotatable bonds is 4. The number of aryl methyl sites for hydroxylation is 2. The molecule has 0 atom stereocenters. The van der Waals surface area contributed by atoms with Crippen LogP contribution in [0.15, 0.2) is 30.5 Å². The van der Waals surface area contributed by atoms with Crippen LogP contribution < -0.4 is 0 Å². The quantitative estimate of drug-likeness (QED) is 0.669. The Labute approximate surface area is 145 Å². The van der Waals surface area contributed by atoms with E-state index in [9.17, 15) is 4.79 Å². The molecule has 3 rings (SSSR count). The standard InChI is InChI=1S/C18H18ClN3O2/c1-4-15-16(12-6-8-13(19)9-7-12)17-20-10-14(18(23)24-5-2)11(3)22(17)21-15/h6-10H,4-5H2,1-3H3. The lowest BCUT2D eigenvalue weighted by Gasteiger charge is -2.07. The number of esters is 1. The van der Waals surface area contributed by atoms with Gasteiger partial charge in [-0.15, -0.1) is 0 Å². The van der Waals surface area contributed by atoms with Crippen molar-refractivity contribution < 1.29 is 9.53 Å². The molecule has 2 aromatic heterocycles. The number of ether oxygens (including phenoxy) is 1. The first-order valence-corrected chi connectivity index (χ1v) is 8.24. The monoisotopic (exact) mass is 343 g/mol. The minimum atomic E-state index is -0.383. The van der Waals surface area contributed by atoms with Gasteiger partial charge in [-0.3, -0.25) is 0 Å². The van der Waals surface area contributed by atoms with Crippen molar-refractivity contribution in [1.29, 1.82) is 0 Å². The number of nitrogens with zero attached hydrogens (tertiary/aromatic N) is 3. The molecule has 5 nitrogen and oxygen atoms in total. The van der Waals surface area contributed by atoms with Crippen molar-refractivity contribution in [3.63, 3.8) is 0 Å². The summed E-state index contributed by atoms with van der Waals surface area (Å²) in [6, 6.07) is 7.60. The zero-order valence-electron chi connectivity index (χ0n) is 13.8. The van der Waals surface area contributed by atoms with E-state index in [-0.39, 0.29) is 5.97 Å². The largest absolute Gasteiger partial charge is 0.462 e. The molecule has 24 heavy (non-hydrogen) atoms. The average Bonchev–Trinajstić information content (AvgIpc) is 2.95. The normalized spacial score (nSPS) is 11.0. The fourth-order valence-electron chi connectivity index (χ4n) is 2.71. The van der Waals surface area contributed by atoms with Gasteiger partial charge < -0.3 is 4.74 Å². The first-order chi connectivity index (χ1) is 11.6. The van der Waals surface area contributed by atoms with Crippen LogP contribution in [0.5, 0.6) is 0 Å². The molecular formula is C18H18ClN3O2. The summed E-state index contributed by atoms with van der Waals surface area (Å²) in [7, 11) is 0. The lowest BCUT2D eigenvalue weighted by Crippen LogP contribution is -2.11. The van der Waals surface area contributed by atoms with Crippen LogP contribution in [0.2, 0.25) is 5.02 Å². The summed E-state index contributed by atoms with van der Waals surface area (Å²) >= 11 is 5.99. The smallest absolute Gasteiger partial charge is 0.341 e. The van der Waals surface area contributed by atoms with Gasteiger partial charge in [0.1, 0.15) is 0 Å². The van der Waals surface area contributed by atoms with Gasteiger partial charge in [0.05, 0.1) is 23.6 Å². The van der Waals surface area contributed by atoms with Crippen molar-refractivity contribution >= 4 is 23.2 Å². The molecule has 0 aliphatic rings. The molecule has 0 spiro atoms. The molecule has 0 saturated heterocycles. The SMILES string of the molecule is CCOC(=O)c1cnc2c(-c3ccc(Cl)cc3)c(CC)nn2c1C. The molecule has 0 aliphatic heterocycles. The van der Waals surface area contributed by atoms with Crippen LogP contribution in [0, 0.1) is 6.92 Å². The predicted octanol–water partition coefficient (Wildman–Crippen LogP) is 4.10. The van der Waals surface area contributed by atoms with E-state index in [0.29, 0.717) is 22.9 Å². The highest BCUT2D eigenvalue weighted by Crippen LogP contribution is 2.30. The molecule has 0 aliphatic carbocycles. The predicted molar refractivity (Wildman–Crippen MR) is 93.5 cm³/mol. The van der Waals surface area contributed by atoms with E-state index in [4.69, 9.17) is 16.3 Å². The Morgan fingerprint density at radius 3 is 2.58 bits per heavy atom. The Hall–Kier alpha value is -2.40. The van der Waals surface area contributed by atoms with Crippen LogP contribution in [0.4, 0.5) is 0 Å². The number of carbonyl (C=O) groups is 1. The van der Waals surface area contributed by atoms with Crippen LogP contribution in [-0.4, -0.2) is 27.2 Å². The second kappa shape index (κ2) is 6.61. The number of hydrogen-bond donors (Lipinski definition) is 0. The van der Waals surface area contributed by atoms with E-state index >= 15 is 0 Å². The van der Waals surface area contributed by atoms with E-state index < -0.39 is 0 Å². The zero-order valence-corrected chi connectivity index (χ0v) is 14.6. The lowest BCUT2D eigenvalue weighted by atomic mass is 10.0. The van der Waals surface area contributed by atoms with Gasteiger partial charge >= 0.3 is 5.97 Å². The third-order valence-corrected chi connectivity index (χ3v) is 4.17. The van der Waals surface area contributed by atoms with Crippen LogP contribution in [0.3, 0.4) is 0 Å². The van der Waals surface area contributed by atoms with Crippen LogP contribution in [0.25, 0.3) is 16.8 Å². The topological polar surface area (TPSA) is 56.5 Å². The summed E-state index contributed by atoms with van der Waals surface area (Å²) in [5.41, 5.74) is 4.76. The molecule has 6 heteroatoms. The van der Waals surface area contributed by atoms with E-state index in [1.165, 1.54) is 0 Å². The molecule has 0 radical (unpaired) electrons. The number of carbonyl (C=O) groups excluding carboxylic acids is 1. The van der Waals surface area contributed by atoms with Crippen molar-refractivity contribution in [2.75, 3.05) is 6.61 Å². The highest BCUT2D eigenvalue weighted by molar-refractivity contribution is 6.30. The van der Waals surface area contributed by atoms with Gasteiger partial charge in [0.25, 0.3) is 0 Å². The molecule has 2 heterocycles. The number of aromatic nitrogens is 3. The minimum absolute atomic E-state index is 0.325. The third-order valence-electron chi connectivity index (χ3n) is 3.92. The fourth-order valence-corrected chi connectivity index (χ4v) is 2.83. The molecule has 0 saturated carbocycles. The van der Waals surface area contributed by atoms with Crippen LogP contribution >= 0.6 is 11.6 Å². The van der Waals surface area contributed by atoms with Gasteiger partial charge in [-0.25, -0.2) is 14.3 Å². The van der Waals surface area contributed by atoms with Crippen molar-refractivity contribution in [2.24, 2.45) is 0 Å². The molecule has 0 unspecified atom stereocenters. The molecule has 3 aromatic rings. The van der Waals surface area contributed by atoms with Crippen molar-refractivity contribution in [2.45, 2.75) is 27.2 Å². The summed E-state index contributed by atoms with van der Waals surface area (Å²) < 4.78 is 6.80. The van der Waals surface area contributed by atoms with Gasteiger partial charge in [0.2, 0.25) is 0 Å². The minimum Gasteiger partial charge on any atom is -0.462 e. The Bertz CT molecular complexity index is 901. The Morgan fingerprint density at radius 1 is 1.25 bits per heavy atom. The lowest BCUT2D eigenvalue weighted by molar-refractivity contribution is 0.0524. The Morgan fingerprint density at radius 2 is 1.96 bits per heavy atom. The van der Waals surface area contributed by atoms with Crippen LogP contribution in [0.1, 0.15) is 35.6 Å². The number of hydrogen-bond acceptors (Lipinski definition) is 4. The first-order valence-electron chi connectivity index (χ1n) is 7.87. The first kappa shape index (κ1) is 16.5. The molecule has 0 amide bonds. The summed E-state index contributed by atoms with van der Waals surface area (Å²) in [6.45, 7) is 5.99. The highest BCUT2D eigenvalue weighted by atomic mass is 35.5. The maximum atomic E-state index is 12.1. The molecule has 0 fully saturated rings. The Kier molecular flexibility index (Phi) is 4.53. The second-order valence-corrected chi connectivity index (χ2v) is 5.83.